The molecule has 2 N–H and O–H groups in total. The summed E-state index contributed by atoms with van der Waals surface area (Å²) in [5, 5.41) is 11.7. The Morgan fingerprint density at radius 3 is 2.58 bits per heavy atom. The van der Waals surface area contributed by atoms with Crippen LogP contribution in [0.3, 0.4) is 0 Å². The SMILES string of the molecule is CC(Nc1nc(C(F)(F)F)ccc1C(=O)O)C1CC1. The number of rotatable bonds is 4. The topological polar surface area (TPSA) is 62.2 Å². The van der Waals surface area contributed by atoms with Gasteiger partial charge in [-0.05, 0) is 37.8 Å². The third kappa shape index (κ3) is 3.15. The van der Waals surface area contributed by atoms with Gasteiger partial charge in [-0.2, -0.15) is 13.2 Å². The second-order valence-electron chi connectivity index (χ2n) is 4.67. The number of halogens is 3. The van der Waals surface area contributed by atoms with E-state index in [4.69, 9.17) is 5.11 Å². The summed E-state index contributed by atoms with van der Waals surface area (Å²) in [5.41, 5.74) is -1.34. The molecule has 0 aliphatic heterocycles. The quantitative estimate of drug-likeness (QED) is 0.886. The number of nitrogens with zero attached hydrogens (tertiary/aromatic N) is 1. The molecule has 1 unspecified atom stereocenters. The molecule has 1 saturated carbocycles. The van der Waals surface area contributed by atoms with E-state index >= 15 is 0 Å². The number of carbonyl (C=O) groups is 1. The number of alkyl halides is 3. The highest BCUT2D eigenvalue weighted by molar-refractivity contribution is 5.93. The number of carboxylic acids is 1. The van der Waals surface area contributed by atoms with Crippen molar-refractivity contribution in [1.29, 1.82) is 0 Å². The molecular weight excluding hydrogens is 261 g/mol. The number of nitrogens with one attached hydrogen (secondary N) is 1. The minimum absolute atomic E-state index is 0.0888. The van der Waals surface area contributed by atoms with E-state index in [-0.39, 0.29) is 17.4 Å². The van der Waals surface area contributed by atoms with Gasteiger partial charge < -0.3 is 10.4 Å². The van der Waals surface area contributed by atoms with E-state index in [1.807, 2.05) is 6.92 Å². The minimum Gasteiger partial charge on any atom is -0.478 e. The van der Waals surface area contributed by atoms with Crippen LogP contribution < -0.4 is 5.32 Å². The number of hydrogen-bond acceptors (Lipinski definition) is 3. The van der Waals surface area contributed by atoms with Crippen LogP contribution >= 0.6 is 0 Å². The van der Waals surface area contributed by atoms with E-state index in [1.165, 1.54) is 0 Å². The van der Waals surface area contributed by atoms with Crippen molar-refractivity contribution in [2.24, 2.45) is 5.92 Å². The molecule has 1 heterocycles. The largest absolute Gasteiger partial charge is 0.478 e. The highest BCUT2D eigenvalue weighted by Crippen LogP contribution is 2.35. The molecule has 2 rings (SSSR count). The first kappa shape index (κ1) is 13.6. The molecule has 0 aromatic carbocycles. The highest BCUT2D eigenvalue weighted by Gasteiger charge is 2.34. The summed E-state index contributed by atoms with van der Waals surface area (Å²) in [6.07, 6.45) is -2.60. The molecule has 0 amide bonds. The number of aromatic nitrogens is 1. The fourth-order valence-electron chi connectivity index (χ4n) is 1.83. The number of hydrogen-bond donors (Lipinski definition) is 2. The van der Waals surface area contributed by atoms with Gasteiger partial charge >= 0.3 is 12.1 Å². The van der Waals surface area contributed by atoms with Crippen LogP contribution in [-0.2, 0) is 6.18 Å². The van der Waals surface area contributed by atoms with Crippen molar-refractivity contribution in [3.8, 4) is 0 Å². The standard InChI is InChI=1S/C12H13F3N2O2/c1-6(7-2-3-7)16-10-8(11(18)19)4-5-9(17-10)12(13,14)15/h4-7H,2-3H2,1H3,(H,16,17)(H,18,19). The summed E-state index contributed by atoms with van der Waals surface area (Å²) in [6.45, 7) is 1.81. The summed E-state index contributed by atoms with van der Waals surface area (Å²) in [6, 6.07) is 1.52. The lowest BCUT2D eigenvalue weighted by Gasteiger charge is -2.16. The van der Waals surface area contributed by atoms with Crippen molar-refractivity contribution < 1.29 is 23.1 Å². The van der Waals surface area contributed by atoms with Gasteiger partial charge in [0.15, 0.2) is 0 Å². The molecule has 104 valence electrons. The van der Waals surface area contributed by atoms with Crippen LogP contribution in [0.4, 0.5) is 19.0 Å². The first-order valence-electron chi connectivity index (χ1n) is 5.87. The maximum absolute atomic E-state index is 12.6. The predicted octanol–water partition coefficient (Wildman–Crippen LogP) is 3.01. The van der Waals surface area contributed by atoms with Gasteiger partial charge in [0.25, 0.3) is 0 Å². The zero-order chi connectivity index (χ0) is 14.2. The summed E-state index contributed by atoms with van der Waals surface area (Å²) >= 11 is 0. The molecule has 1 aromatic rings. The molecule has 0 radical (unpaired) electrons. The van der Waals surface area contributed by atoms with E-state index in [2.05, 4.69) is 10.3 Å². The maximum atomic E-state index is 12.6. The molecule has 7 heteroatoms. The van der Waals surface area contributed by atoms with Gasteiger partial charge in [-0.15, -0.1) is 0 Å². The molecule has 1 aliphatic carbocycles. The average molecular weight is 274 g/mol. The van der Waals surface area contributed by atoms with Crippen LogP contribution in [0.5, 0.6) is 0 Å². The van der Waals surface area contributed by atoms with Crippen molar-refractivity contribution in [3.05, 3.63) is 23.4 Å². The Kier molecular flexibility index (Phi) is 3.38. The highest BCUT2D eigenvalue weighted by atomic mass is 19.4. The van der Waals surface area contributed by atoms with Gasteiger partial charge in [0.2, 0.25) is 0 Å². The Hall–Kier alpha value is -1.79. The first-order chi connectivity index (χ1) is 8.79. The van der Waals surface area contributed by atoms with Crippen molar-refractivity contribution in [2.75, 3.05) is 5.32 Å². The second-order valence-corrected chi connectivity index (χ2v) is 4.67. The Morgan fingerprint density at radius 1 is 1.47 bits per heavy atom. The van der Waals surface area contributed by atoms with Crippen LogP contribution in [-0.4, -0.2) is 22.1 Å². The van der Waals surface area contributed by atoms with Crippen molar-refractivity contribution >= 4 is 11.8 Å². The zero-order valence-electron chi connectivity index (χ0n) is 10.2. The fourth-order valence-corrected chi connectivity index (χ4v) is 1.83. The molecule has 1 fully saturated rings. The van der Waals surface area contributed by atoms with Crippen LogP contribution in [0.1, 0.15) is 35.8 Å². The van der Waals surface area contributed by atoms with Crippen molar-refractivity contribution in [2.45, 2.75) is 32.0 Å². The Bertz CT molecular complexity index is 498. The van der Waals surface area contributed by atoms with Gasteiger partial charge in [-0.1, -0.05) is 0 Å². The lowest BCUT2D eigenvalue weighted by molar-refractivity contribution is -0.141. The van der Waals surface area contributed by atoms with E-state index in [0.29, 0.717) is 12.0 Å². The van der Waals surface area contributed by atoms with Gasteiger partial charge in [0, 0.05) is 6.04 Å². The minimum atomic E-state index is -4.59. The lowest BCUT2D eigenvalue weighted by atomic mass is 10.2. The third-order valence-corrected chi connectivity index (χ3v) is 3.11. The normalized spacial score (nSPS) is 17.1. The van der Waals surface area contributed by atoms with Crippen LogP contribution in [0, 0.1) is 5.92 Å². The maximum Gasteiger partial charge on any atom is 0.433 e. The summed E-state index contributed by atoms with van der Waals surface area (Å²) in [4.78, 5) is 14.4. The molecule has 0 spiro atoms. The molecular formula is C12H13F3N2O2. The van der Waals surface area contributed by atoms with Gasteiger partial charge in [0.05, 0.1) is 0 Å². The number of pyridine rings is 1. The van der Waals surface area contributed by atoms with E-state index < -0.39 is 17.8 Å². The lowest BCUT2D eigenvalue weighted by Crippen LogP contribution is -2.22. The third-order valence-electron chi connectivity index (χ3n) is 3.11. The summed E-state index contributed by atoms with van der Waals surface area (Å²) < 4.78 is 37.7. The Labute approximate surface area is 107 Å². The molecule has 4 nitrogen and oxygen atoms in total. The number of carboxylic acid groups (broad SMARTS) is 1. The molecule has 1 aliphatic rings. The molecule has 19 heavy (non-hydrogen) atoms. The second kappa shape index (κ2) is 4.71. The number of aromatic carboxylic acids is 1. The predicted molar refractivity (Wildman–Crippen MR) is 62.0 cm³/mol. The summed E-state index contributed by atoms with van der Waals surface area (Å²) in [5.74, 6) is -1.15. The fraction of sp³-hybridized carbons (Fsp3) is 0.500. The van der Waals surface area contributed by atoms with E-state index in [0.717, 1.165) is 18.9 Å². The molecule has 1 aromatic heterocycles. The monoisotopic (exact) mass is 274 g/mol. The molecule has 0 saturated heterocycles. The Balaban J connectivity index is 2.32. The van der Waals surface area contributed by atoms with E-state index in [9.17, 15) is 18.0 Å². The van der Waals surface area contributed by atoms with Crippen LogP contribution in [0.15, 0.2) is 12.1 Å². The van der Waals surface area contributed by atoms with Gasteiger partial charge in [0.1, 0.15) is 17.1 Å². The Morgan fingerprint density at radius 2 is 2.11 bits per heavy atom. The van der Waals surface area contributed by atoms with Crippen molar-refractivity contribution in [3.63, 3.8) is 0 Å². The zero-order valence-corrected chi connectivity index (χ0v) is 10.2. The van der Waals surface area contributed by atoms with Crippen LogP contribution in [0.2, 0.25) is 0 Å². The first-order valence-corrected chi connectivity index (χ1v) is 5.87. The average Bonchev–Trinajstić information content (AvgIpc) is 3.10. The van der Waals surface area contributed by atoms with Crippen LogP contribution in [0.25, 0.3) is 0 Å². The molecule has 1 atom stereocenters. The van der Waals surface area contributed by atoms with E-state index in [1.54, 1.807) is 0 Å². The summed E-state index contributed by atoms with van der Waals surface area (Å²) in [7, 11) is 0. The van der Waals surface area contributed by atoms with Gasteiger partial charge in [-0.25, -0.2) is 9.78 Å². The number of anilines is 1. The van der Waals surface area contributed by atoms with Gasteiger partial charge in [-0.3, -0.25) is 0 Å². The smallest absolute Gasteiger partial charge is 0.433 e. The molecule has 0 bridgehead atoms. The van der Waals surface area contributed by atoms with Crippen molar-refractivity contribution in [1.82, 2.24) is 4.98 Å².